The molecule has 7 nitrogen and oxygen atoms in total. The summed E-state index contributed by atoms with van der Waals surface area (Å²) < 4.78 is 21.7. The van der Waals surface area contributed by atoms with Gasteiger partial charge in [0.1, 0.15) is 5.82 Å². The van der Waals surface area contributed by atoms with Crippen LogP contribution < -0.4 is 9.64 Å². The first-order chi connectivity index (χ1) is 16.5. The molecular formula is C26H26FN5O2. The number of aromatic nitrogens is 3. The van der Waals surface area contributed by atoms with Gasteiger partial charge in [-0.1, -0.05) is 30.3 Å². The normalized spacial score (nSPS) is 14.0. The minimum Gasteiger partial charge on any atom is -0.467 e. The van der Waals surface area contributed by atoms with E-state index in [1.54, 1.807) is 21.7 Å². The average molecular weight is 460 g/mol. The number of carbonyl (C=O) groups excluding carboxylic acids is 1. The SMILES string of the molecule is Cc1cc(OCC(=O)N2CCN(c3ccccc3F)CC2)nc2c1c(C)nn2-c1ccccc1. The summed E-state index contributed by atoms with van der Waals surface area (Å²) in [4.78, 5) is 21.2. The molecule has 2 aromatic heterocycles. The Kier molecular flexibility index (Phi) is 5.88. The van der Waals surface area contributed by atoms with Crippen LogP contribution in [0.25, 0.3) is 16.7 Å². The molecule has 34 heavy (non-hydrogen) atoms. The number of nitrogens with zero attached hydrogens (tertiary/aromatic N) is 5. The highest BCUT2D eigenvalue weighted by Crippen LogP contribution is 2.27. The highest BCUT2D eigenvalue weighted by Gasteiger charge is 2.23. The zero-order valence-corrected chi connectivity index (χ0v) is 19.2. The van der Waals surface area contributed by atoms with Gasteiger partial charge in [-0.15, -0.1) is 0 Å². The fourth-order valence-corrected chi connectivity index (χ4v) is 4.43. The average Bonchev–Trinajstić information content (AvgIpc) is 3.20. The fourth-order valence-electron chi connectivity index (χ4n) is 4.43. The molecule has 0 aliphatic carbocycles. The van der Waals surface area contributed by atoms with Gasteiger partial charge in [0.15, 0.2) is 12.3 Å². The molecule has 0 spiro atoms. The Morgan fingerprint density at radius 3 is 2.44 bits per heavy atom. The molecule has 0 radical (unpaired) electrons. The molecule has 0 unspecified atom stereocenters. The third kappa shape index (κ3) is 4.19. The molecule has 0 atom stereocenters. The van der Waals surface area contributed by atoms with Crippen molar-refractivity contribution in [2.24, 2.45) is 0 Å². The maximum Gasteiger partial charge on any atom is 0.260 e. The van der Waals surface area contributed by atoms with Gasteiger partial charge in [0.05, 0.1) is 17.1 Å². The van der Waals surface area contributed by atoms with E-state index in [2.05, 4.69) is 10.1 Å². The summed E-state index contributed by atoms with van der Waals surface area (Å²) in [6.07, 6.45) is 0. The highest BCUT2D eigenvalue weighted by atomic mass is 19.1. The summed E-state index contributed by atoms with van der Waals surface area (Å²) in [6, 6.07) is 18.4. The quantitative estimate of drug-likeness (QED) is 0.453. The standard InChI is InChI=1S/C26H26FN5O2/c1-18-16-23(28-26-25(18)19(2)29-32(26)20-8-4-3-5-9-20)34-17-24(33)31-14-12-30(13-15-31)22-11-7-6-10-21(22)27/h3-11,16H,12-15,17H2,1-2H3. The van der Waals surface area contributed by atoms with Gasteiger partial charge in [-0.3, -0.25) is 4.79 Å². The summed E-state index contributed by atoms with van der Waals surface area (Å²) in [5.41, 5.74) is 4.06. The van der Waals surface area contributed by atoms with Crippen LogP contribution in [0.5, 0.6) is 5.88 Å². The lowest BCUT2D eigenvalue weighted by Crippen LogP contribution is -2.50. The van der Waals surface area contributed by atoms with Crippen molar-refractivity contribution >= 4 is 22.6 Å². The first-order valence-corrected chi connectivity index (χ1v) is 11.3. The number of carbonyl (C=O) groups is 1. The maximum absolute atomic E-state index is 14.1. The molecule has 0 N–H and O–H groups in total. The highest BCUT2D eigenvalue weighted by molar-refractivity contribution is 5.84. The molecule has 4 aromatic rings. The van der Waals surface area contributed by atoms with Crippen LogP contribution >= 0.6 is 0 Å². The van der Waals surface area contributed by atoms with Gasteiger partial charge in [-0.25, -0.2) is 9.07 Å². The number of hydrogen-bond acceptors (Lipinski definition) is 5. The Hall–Kier alpha value is -3.94. The monoisotopic (exact) mass is 459 g/mol. The van der Waals surface area contributed by atoms with Crippen LogP contribution in [-0.4, -0.2) is 58.4 Å². The minimum absolute atomic E-state index is 0.101. The van der Waals surface area contributed by atoms with E-state index in [4.69, 9.17) is 4.74 Å². The molecule has 1 aliphatic rings. The van der Waals surface area contributed by atoms with Crippen LogP contribution in [0.2, 0.25) is 0 Å². The van der Waals surface area contributed by atoms with Crippen LogP contribution in [0.15, 0.2) is 60.7 Å². The first-order valence-electron chi connectivity index (χ1n) is 11.3. The number of fused-ring (bicyclic) bond motifs is 1. The van der Waals surface area contributed by atoms with Crippen molar-refractivity contribution in [3.63, 3.8) is 0 Å². The van der Waals surface area contributed by atoms with E-state index < -0.39 is 0 Å². The van der Waals surface area contributed by atoms with Crippen LogP contribution in [0.3, 0.4) is 0 Å². The lowest BCUT2D eigenvalue weighted by molar-refractivity contribution is -0.133. The van der Waals surface area contributed by atoms with E-state index in [1.807, 2.05) is 61.2 Å². The zero-order chi connectivity index (χ0) is 23.7. The number of aryl methyl sites for hydroxylation is 2. The van der Waals surface area contributed by atoms with Crippen LogP contribution in [0, 0.1) is 19.7 Å². The van der Waals surface area contributed by atoms with Crippen molar-refractivity contribution in [2.45, 2.75) is 13.8 Å². The molecule has 1 fully saturated rings. The van der Waals surface area contributed by atoms with Crippen molar-refractivity contribution < 1.29 is 13.9 Å². The molecule has 2 aromatic carbocycles. The second-order valence-electron chi connectivity index (χ2n) is 8.42. The summed E-state index contributed by atoms with van der Waals surface area (Å²) in [5.74, 6) is 0.0355. The Morgan fingerprint density at radius 2 is 1.71 bits per heavy atom. The van der Waals surface area contributed by atoms with E-state index in [0.717, 1.165) is 22.3 Å². The molecule has 3 heterocycles. The summed E-state index contributed by atoms with van der Waals surface area (Å²) in [6.45, 7) is 6.03. The van der Waals surface area contributed by atoms with Crippen molar-refractivity contribution in [1.29, 1.82) is 0 Å². The topological polar surface area (TPSA) is 63.5 Å². The number of pyridine rings is 1. The Morgan fingerprint density at radius 1 is 1.00 bits per heavy atom. The number of para-hydroxylation sites is 2. The number of amides is 1. The summed E-state index contributed by atoms with van der Waals surface area (Å²) >= 11 is 0. The predicted octanol–water partition coefficient (Wildman–Crippen LogP) is 3.90. The summed E-state index contributed by atoms with van der Waals surface area (Å²) in [5, 5.41) is 5.64. The van der Waals surface area contributed by atoms with Crippen LogP contribution in [0.4, 0.5) is 10.1 Å². The second-order valence-corrected chi connectivity index (χ2v) is 8.42. The summed E-state index contributed by atoms with van der Waals surface area (Å²) in [7, 11) is 0. The van der Waals surface area contributed by atoms with E-state index in [-0.39, 0.29) is 18.3 Å². The third-order valence-corrected chi connectivity index (χ3v) is 6.16. The molecule has 0 bridgehead atoms. The third-order valence-electron chi connectivity index (χ3n) is 6.16. The van der Waals surface area contributed by atoms with Gasteiger partial charge in [0.25, 0.3) is 5.91 Å². The Balaban J connectivity index is 1.27. The molecule has 0 saturated carbocycles. The van der Waals surface area contributed by atoms with Crippen molar-refractivity contribution in [3.05, 3.63) is 77.7 Å². The van der Waals surface area contributed by atoms with E-state index >= 15 is 0 Å². The Bertz CT molecular complexity index is 1330. The largest absolute Gasteiger partial charge is 0.467 e. The second kappa shape index (κ2) is 9.13. The molecule has 1 amide bonds. The minimum atomic E-state index is -0.243. The predicted molar refractivity (Wildman–Crippen MR) is 129 cm³/mol. The van der Waals surface area contributed by atoms with E-state index in [9.17, 15) is 9.18 Å². The maximum atomic E-state index is 14.1. The molecule has 5 rings (SSSR count). The fraction of sp³-hybridized carbons (Fsp3) is 0.269. The first kappa shape index (κ1) is 21.9. The van der Waals surface area contributed by atoms with Crippen LogP contribution in [0.1, 0.15) is 11.3 Å². The van der Waals surface area contributed by atoms with Gasteiger partial charge in [-0.2, -0.15) is 10.1 Å². The number of halogens is 1. The van der Waals surface area contributed by atoms with Crippen molar-refractivity contribution in [1.82, 2.24) is 19.7 Å². The molecule has 174 valence electrons. The number of ether oxygens (including phenoxy) is 1. The van der Waals surface area contributed by atoms with Gasteiger partial charge < -0.3 is 14.5 Å². The number of benzene rings is 2. The number of rotatable bonds is 5. The molecule has 1 aliphatic heterocycles. The Labute approximate surface area is 197 Å². The number of anilines is 1. The smallest absolute Gasteiger partial charge is 0.260 e. The lowest BCUT2D eigenvalue weighted by Gasteiger charge is -2.36. The molecule has 1 saturated heterocycles. The lowest BCUT2D eigenvalue weighted by atomic mass is 10.2. The van der Waals surface area contributed by atoms with Gasteiger partial charge in [0.2, 0.25) is 5.88 Å². The zero-order valence-electron chi connectivity index (χ0n) is 19.2. The number of piperazine rings is 1. The molecular weight excluding hydrogens is 433 g/mol. The van der Waals surface area contributed by atoms with E-state index in [1.165, 1.54) is 6.07 Å². The number of hydrogen-bond donors (Lipinski definition) is 0. The van der Waals surface area contributed by atoms with Gasteiger partial charge >= 0.3 is 0 Å². The van der Waals surface area contributed by atoms with Crippen molar-refractivity contribution in [3.8, 4) is 11.6 Å². The van der Waals surface area contributed by atoms with E-state index in [0.29, 0.717) is 43.4 Å². The van der Waals surface area contributed by atoms with Gasteiger partial charge in [0, 0.05) is 37.6 Å². The van der Waals surface area contributed by atoms with Gasteiger partial charge in [-0.05, 0) is 43.7 Å². The van der Waals surface area contributed by atoms with Crippen molar-refractivity contribution in [2.75, 3.05) is 37.7 Å². The van der Waals surface area contributed by atoms with Crippen LogP contribution in [-0.2, 0) is 4.79 Å². The molecule has 8 heteroatoms.